The number of nitrogens with one attached hydrogen (secondary N) is 1. The molecule has 2 N–H and O–H groups in total. The number of phenolic OH excluding ortho intramolecular Hbond substituents is 1. The van der Waals surface area contributed by atoms with Crippen molar-refractivity contribution in [2.75, 3.05) is 13.7 Å². The summed E-state index contributed by atoms with van der Waals surface area (Å²) in [5.41, 5.74) is 1.16. The van der Waals surface area contributed by atoms with Gasteiger partial charge in [-0.3, -0.25) is 4.79 Å². The van der Waals surface area contributed by atoms with Crippen LogP contribution in [0.4, 0.5) is 0 Å². The Labute approximate surface area is 152 Å². The van der Waals surface area contributed by atoms with Gasteiger partial charge in [0.15, 0.2) is 18.1 Å². The highest BCUT2D eigenvalue weighted by molar-refractivity contribution is 5.94. The molecular weight excluding hydrogens is 334 g/mol. The number of carbonyl (C=O) groups is 2. The normalized spacial score (nSPS) is 11.5. The molecule has 0 spiro atoms. The van der Waals surface area contributed by atoms with Gasteiger partial charge in [-0.15, -0.1) is 0 Å². The van der Waals surface area contributed by atoms with Crippen molar-refractivity contribution >= 4 is 11.9 Å². The van der Waals surface area contributed by atoms with Gasteiger partial charge in [-0.1, -0.05) is 36.4 Å². The average molecular weight is 357 g/mol. The molecule has 0 bridgehead atoms. The standard InChI is InChI=1S/C20H23NO5/c1-14(11-12-15-7-4-3-5-8-15)21-18(22)13-26-20(24)16-9-6-10-17(25-2)19(16)23/h3-10,14,23H,11-13H2,1-2H3,(H,21,22)/t14-/m1/s1. The van der Waals surface area contributed by atoms with Gasteiger partial charge < -0.3 is 19.9 Å². The first-order valence-corrected chi connectivity index (χ1v) is 8.37. The van der Waals surface area contributed by atoms with Crippen LogP contribution in [0.25, 0.3) is 0 Å². The second-order valence-corrected chi connectivity index (χ2v) is 5.93. The Morgan fingerprint density at radius 1 is 1.12 bits per heavy atom. The predicted octanol–water partition coefficient (Wildman–Crippen LogP) is 2.70. The molecule has 1 amide bonds. The number of hydrogen-bond acceptors (Lipinski definition) is 5. The summed E-state index contributed by atoms with van der Waals surface area (Å²) in [5.74, 6) is -1.31. The third-order valence-electron chi connectivity index (χ3n) is 3.89. The number of aryl methyl sites for hydroxylation is 1. The predicted molar refractivity (Wildman–Crippen MR) is 97.3 cm³/mol. The quantitative estimate of drug-likeness (QED) is 0.710. The van der Waals surface area contributed by atoms with Gasteiger partial charge in [0, 0.05) is 6.04 Å². The van der Waals surface area contributed by atoms with Crippen LogP contribution in [0.2, 0.25) is 0 Å². The molecule has 2 aromatic carbocycles. The van der Waals surface area contributed by atoms with E-state index in [9.17, 15) is 14.7 Å². The second-order valence-electron chi connectivity index (χ2n) is 5.93. The lowest BCUT2D eigenvalue weighted by Gasteiger charge is -2.14. The van der Waals surface area contributed by atoms with Crippen LogP contribution in [0.1, 0.15) is 29.3 Å². The van der Waals surface area contributed by atoms with Crippen LogP contribution in [0.3, 0.4) is 0 Å². The third-order valence-corrected chi connectivity index (χ3v) is 3.89. The maximum absolute atomic E-state index is 12.0. The Morgan fingerprint density at radius 2 is 1.85 bits per heavy atom. The lowest BCUT2D eigenvalue weighted by atomic mass is 10.1. The number of rotatable bonds is 8. The van der Waals surface area contributed by atoms with Crippen molar-refractivity contribution in [1.82, 2.24) is 5.32 Å². The van der Waals surface area contributed by atoms with Crippen molar-refractivity contribution in [3.05, 3.63) is 59.7 Å². The summed E-state index contributed by atoms with van der Waals surface area (Å²) in [6.07, 6.45) is 1.63. The van der Waals surface area contributed by atoms with E-state index in [1.165, 1.54) is 24.8 Å². The van der Waals surface area contributed by atoms with E-state index in [1.54, 1.807) is 6.07 Å². The Bertz CT molecular complexity index is 745. The fourth-order valence-electron chi connectivity index (χ4n) is 2.48. The number of benzene rings is 2. The van der Waals surface area contributed by atoms with Gasteiger partial charge in [-0.25, -0.2) is 4.79 Å². The average Bonchev–Trinajstić information content (AvgIpc) is 2.65. The SMILES string of the molecule is COc1cccc(C(=O)OCC(=O)N[C@H](C)CCc2ccccc2)c1O. The summed E-state index contributed by atoms with van der Waals surface area (Å²) in [6.45, 7) is 1.49. The molecule has 0 unspecified atom stereocenters. The van der Waals surface area contributed by atoms with Crippen molar-refractivity contribution in [2.45, 2.75) is 25.8 Å². The Balaban J connectivity index is 1.78. The molecule has 6 heteroatoms. The van der Waals surface area contributed by atoms with Crippen LogP contribution in [0.5, 0.6) is 11.5 Å². The van der Waals surface area contributed by atoms with E-state index in [2.05, 4.69) is 5.32 Å². The van der Waals surface area contributed by atoms with E-state index in [0.717, 1.165) is 12.8 Å². The topological polar surface area (TPSA) is 84.9 Å². The van der Waals surface area contributed by atoms with E-state index >= 15 is 0 Å². The number of ether oxygens (including phenoxy) is 2. The fraction of sp³-hybridized carbons (Fsp3) is 0.300. The number of hydrogen-bond donors (Lipinski definition) is 2. The molecule has 2 aromatic rings. The number of amides is 1. The number of carbonyl (C=O) groups excluding carboxylic acids is 2. The molecule has 0 aliphatic heterocycles. The molecule has 0 aromatic heterocycles. The van der Waals surface area contributed by atoms with Crippen molar-refractivity contribution in [1.29, 1.82) is 0 Å². The van der Waals surface area contributed by atoms with E-state index in [0.29, 0.717) is 0 Å². The van der Waals surface area contributed by atoms with Crippen molar-refractivity contribution in [3.8, 4) is 11.5 Å². The molecule has 0 saturated carbocycles. The van der Waals surface area contributed by atoms with Crippen LogP contribution < -0.4 is 10.1 Å². The zero-order valence-corrected chi connectivity index (χ0v) is 14.9. The summed E-state index contributed by atoms with van der Waals surface area (Å²) in [4.78, 5) is 23.9. The largest absolute Gasteiger partial charge is 0.504 e. The highest BCUT2D eigenvalue weighted by atomic mass is 16.5. The number of aromatic hydroxyl groups is 1. The molecule has 0 heterocycles. The first-order chi connectivity index (χ1) is 12.5. The summed E-state index contributed by atoms with van der Waals surface area (Å²) in [5, 5.41) is 12.7. The minimum absolute atomic E-state index is 0.0470. The lowest BCUT2D eigenvalue weighted by molar-refractivity contribution is -0.124. The summed E-state index contributed by atoms with van der Waals surface area (Å²) >= 11 is 0. The van der Waals surface area contributed by atoms with Gasteiger partial charge in [0.05, 0.1) is 7.11 Å². The van der Waals surface area contributed by atoms with E-state index in [-0.39, 0.29) is 29.0 Å². The minimum atomic E-state index is -0.784. The maximum Gasteiger partial charge on any atom is 0.342 e. The summed E-state index contributed by atoms with van der Waals surface area (Å²) in [7, 11) is 1.38. The Hall–Kier alpha value is -3.02. The van der Waals surface area contributed by atoms with Crippen LogP contribution in [-0.4, -0.2) is 36.7 Å². The van der Waals surface area contributed by atoms with E-state index in [4.69, 9.17) is 9.47 Å². The number of para-hydroxylation sites is 1. The molecule has 6 nitrogen and oxygen atoms in total. The van der Waals surface area contributed by atoms with Gasteiger partial charge in [0.2, 0.25) is 0 Å². The van der Waals surface area contributed by atoms with Gasteiger partial charge in [-0.05, 0) is 37.5 Å². The van der Waals surface area contributed by atoms with Gasteiger partial charge >= 0.3 is 5.97 Å². The van der Waals surface area contributed by atoms with Crippen LogP contribution in [-0.2, 0) is 16.0 Å². The third kappa shape index (κ3) is 5.51. The van der Waals surface area contributed by atoms with Crippen molar-refractivity contribution in [3.63, 3.8) is 0 Å². The Kier molecular flexibility index (Phi) is 7.02. The molecule has 0 radical (unpaired) electrons. The number of methoxy groups -OCH3 is 1. The maximum atomic E-state index is 12.0. The molecule has 0 fully saturated rings. The van der Waals surface area contributed by atoms with E-state index < -0.39 is 12.6 Å². The number of esters is 1. The fourth-order valence-corrected chi connectivity index (χ4v) is 2.48. The summed E-state index contributed by atoms with van der Waals surface area (Å²) in [6, 6.07) is 14.4. The molecule has 1 atom stereocenters. The molecule has 0 aliphatic carbocycles. The zero-order valence-electron chi connectivity index (χ0n) is 14.9. The highest BCUT2D eigenvalue weighted by Gasteiger charge is 2.17. The van der Waals surface area contributed by atoms with Gasteiger partial charge in [-0.2, -0.15) is 0 Å². The van der Waals surface area contributed by atoms with Crippen molar-refractivity contribution in [2.24, 2.45) is 0 Å². The molecular formula is C20H23NO5. The summed E-state index contributed by atoms with van der Waals surface area (Å²) < 4.78 is 9.91. The lowest BCUT2D eigenvalue weighted by Crippen LogP contribution is -2.36. The first-order valence-electron chi connectivity index (χ1n) is 8.37. The minimum Gasteiger partial charge on any atom is -0.504 e. The van der Waals surface area contributed by atoms with Gasteiger partial charge in [0.25, 0.3) is 5.91 Å². The molecule has 138 valence electrons. The molecule has 26 heavy (non-hydrogen) atoms. The highest BCUT2D eigenvalue weighted by Crippen LogP contribution is 2.29. The molecule has 0 saturated heterocycles. The molecule has 2 rings (SSSR count). The smallest absolute Gasteiger partial charge is 0.342 e. The monoisotopic (exact) mass is 357 g/mol. The van der Waals surface area contributed by atoms with E-state index in [1.807, 2.05) is 37.3 Å². The first kappa shape index (κ1) is 19.3. The van der Waals surface area contributed by atoms with Crippen LogP contribution >= 0.6 is 0 Å². The zero-order chi connectivity index (χ0) is 18.9. The van der Waals surface area contributed by atoms with Gasteiger partial charge in [0.1, 0.15) is 5.56 Å². The Morgan fingerprint density at radius 3 is 2.54 bits per heavy atom. The van der Waals surface area contributed by atoms with Crippen molar-refractivity contribution < 1.29 is 24.2 Å². The van der Waals surface area contributed by atoms with Crippen LogP contribution in [0, 0.1) is 0 Å². The number of phenols is 1. The van der Waals surface area contributed by atoms with Crippen LogP contribution in [0.15, 0.2) is 48.5 Å². The molecule has 0 aliphatic rings. The second kappa shape index (κ2) is 9.46.